The van der Waals surface area contributed by atoms with E-state index in [0.29, 0.717) is 11.6 Å². The van der Waals surface area contributed by atoms with E-state index in [-0.39, 0.29) is 34.7 Å². The molecule has 8 nitrogen and oxygen atoms in total. The Labute approximate surface area is 222 Å². The molecule has 1 aliphatic heterocycles. The highest BCUT2D eigenvalue weighted by molar-refractivity contribution is 5.98. The molecule has 40 heavy (non-hydrogen) atoms. The fourth-order valence-corrected chi connectivity index (χ4v) is 4.69. The van der Waals surface area contributed by atoms with Gasteiger partial charge in [-0.05, 0) is 36.8 Å². The highest BCUT2D eigenvalue weighted by atomic mass is 19.4. The molecule has 0 saturated carbocycles. The van der Waals surface area contributed by atoms with Crippen molar-refractivity contribution in [2.75, 3.05) is 18.8 Å². The van der Waals surface area contributed by atoms with Crippen LogP contribution in [0, 0.1) is 18.6 Å². The molecule has 0 bridgehead atoms. The van der Waals surface area contributed by atoms with E-state index in [4.69, 9.17) is 5.73 Å². The molecule has 3 heterocycles. The Morgan fingerprint density at radius 2 is 1.75 bits per heavy atom. The third kappa shape index (κ3) is 4.92. The molecule has 2 aromatic heterocycles. The maximum absolute atomic E-state index is 14.8. The van der Waals surface area contributed by atoms with Crippen molar-refractivity contribution in [3.05, 3.63) is 82.7 Å². The number of aromatic nitrogens is 3. The minimum Gasteiger partial charge on any atom is -0.382 e. The molecule has 1 fully saturated rings. The first-order chi connectivity index (χ1) is 18.8. The number of nitrogen functional groups attached to an aromatic ring is 1. The average Bonchev–Trinajstić information content (AvgIpc) is 3.45. The Morgan fingerprint density at radius 3 is 2.42 bits per heavy atom. The summed E-state index contributed by atoms with van der Waals surface area (Å²) in [6, 6.07) is 6.31. The van der Waals surface area contributed by atoms with E-state index in [1.807, 2.05) is 0 Å². The van der Waals surface area contributed by atoms with Gasteiger partial charge in [-0.2, -0.15) is 18.3 Å². The van der Waals surface area contributed by atoms with Gasteiger partial charge in [-0.25, -0.2) is 22.7 Å². The van der Waals surface area contributed by atoms with Crippen LogP contribution in [0.5, 0.6) is 0 Å². The maximum Gasteiger partial charge on any atom is 0.418 e. The number of hydrogen-bond acceptors (Lipinski definition) is 5. The van der Waals surface area contributed by atoms with Gasteiger partial charge in [0.2, 0.25) is 0 Å². The van der Waals surface area contributed by atoms with Gasteiger partial charge in [0.25, 0.3) is 11.8 Å². The number of carbonyl (C=O) groups is 2. The van der Waals surface area contributed by atoms with E-state index >= 15 is 0 Å². The summed E-state index contributed by atoms with van der Waals surface area (Å²) in [7, 11) is 0. The van der Waals surface area contributed by atoms with Crippen molar-refractivity contribution >= 4 is 23.1 Å². The molecule has 2 amide bonds. The van der Waals surface area contributed by atoms with E-state index in [1.54, 1.807) is 6.92 Å². The molecule has 2 atom stereocenters. The fraction of sp³-hybridized carbons (Fsp3) is 0.231. The zero-order valence-electron chi connectivity index (χ0n) is 20.6. The molecule has 1 saturated heterocycles. The number of fused-ring (bicyclic) bond motifs is 1. The van der Waals surface area contributed by atoms with Crippen LogP contribution in [0.2, 0.25) is 0 Å². The lowest BCUT2D eigenvalue weighted by molar-refractivity contribution is -0.136. The largest absolute Gasteiger partial charge is 0.418 e. The molecule has 0 spiro atoms. The van der Waals surface area contributed by atoms with Gasteiger partial charge < -0.3 is 16.0 Å². The summed E-state index contributed by atoms with van der Waals surface area (Å²) in [6.45, 7) is 0.904. The quantitative estimate of drug-likeness (QED) is 0.363. The summed E-state index contributed by atoms with van der Waals surface area (Å²) in [5, 5.41) is 6.41. The molecule has 1 aliphatic rings. The first-order valence-corrected chi connectivity index (χ1v) is 11.8. The average molecular weight is 562 g/mol. The van der Waals surface area contributed by atoms with Crippen LogP contribution in [-0.4, -0.2) is 56.6 Å². The van der Waals surface area contributed by atoms with Gasteiger partial charge in [-0.1, -0.05) is 12.1 Å². The van der Waals surface area contributed by atoms with E-state index in [0.717, 1.165) is 33.9 Å². The van der Waals surface area contributed by atoms with Crippen molar-refractivity contribution in [2.45, 2.75) is 25.3 Å². The van der Waals surface area contributed by atoms with Crippen molar-refractivity contribution in [1.29, 1.82) is 0 Å². The number of anilines is 1. The van der Waals surface area contributed by atoms with Crippen LogP contribution in [0.1, 0.15) is 31.8 Å². The van der Waals surface area contributed by atoms with Crippen LogP contribution >= 0.6 is 0 Å². The van der Waals surface area contributed by atoms with Gasteiger partial charge in [-0.3, -0.25) is 9.59 Å². The highest BCUT2D eigenvalue weighted by Gasteiger charge is 2.38. The Morgan fingerprint density at radius 1 is 1.05 bits per heavy atom. The molecule has 5 rings (SSSR count). The molecule has 4 aromatic rings. The van der Waals surface area contributed by atoms with Crippen molar-refractivity contribution in [1.82, 2.24) is 24.8 Å². The topological polar surface area (TPSA) is 106 Å². The van der Waals surface area contributed by atoms with Crippen molar-refractivity contribution < 1.29 is 35.9 Å². The Bertz CT molecular complexity index is 1630. The van der Waals surface area contributed by atoms with Crippen LogP contribution in [0.4, 0.5) is 32.2 Å². The number of halogens is 6. The summed E-state index contributed by atoms with van der Waals surface area (Å²) in [4.78, 5) is 30.5. The predicted molar refractivity (Wildman–Crippen MR) is 131 cm³/mol. The van der Waals surface area contributed by atoms with Crippen LogP contribution in [0.25, 0.3) is 16.8 Å². The number of aryl methyl sites for hydroxylation is 1. The Kier molecular flexibility index (Phi) is 6.64. The molecule has 0 radical (unpaired) electrons. The Hall–Kier alpha value is -4.62. The van der Waals surface area contributed by atoms with Crippen molar-refractivity contribution in [2.24, 2.45) is 0 Å². The molecule has 208 valence electrons. The van der Waals surface area contributed by atoms with Gasteiger partial charge >= 0.3 is 6.18 Å². The number of nitrogens with two attached hydrogens (primary N) is 1. The SMILES string of the molecule is Cc1ccc(-c2cc(C(F)(F)F)c3c(N)ncnn23)cc1C(=O)N[C@@H]1CN(C(=O)c2cc(F)cc(F)c2)C[C@@H]1F. The minimum absolute atomic E-state index is 0.00573. The monoisotopic (exact) mass is 562 g/mol. The van der Waals surface area contributed by atoms with Gasteiger partial charge in [0.05, 0.1) is 23.8 Å². The molecular weight excluding hydrogens is 542 g/mol. The van der Waals surface area contributed by atoms with Crippen molar-refractivity contribution in [3.63, 3.8) is 0 Å². The van der Waals surface area contributed by atoms with E-state index in [1.165, 1.54) is 18.2 Å². The number of alkyl halides is 4. The summed E-state index contributed by atoms with van der Waals surface area (Å²) >= 11 is 0. The number of likely N-dealkylation sites (tertiary alicyclic amines) is 1. The van der Waals surface area contributed by atoms with Crippen LogP contribution in [-0.2, 0) is 6.18 Å². The van der Waals surface area contributed by atoms with Crippen LogP contribution in [0.3, 0.4) is 0 Å². The number of amides is 2. The molecule has 14 heteroatoms. The number of hydrogen-bond donors (Lipinski definition) is 2. The number of benzene rings is 2. The number of nitrogens with one attached hydrogen (secondary N) is 1. The lowest BCUT2D eigenvalue weighted by Crippen LogP contribution is -2.42. The van der Waals surface area contributed by atoms with E-state index in [2.05, 4.69) is 15.4 Å². The molecule has 0 aliphatic carbocycles. The molecule has 0 unspecified atom stereocenters. The lowest BCUT2D eigenvalue weighted by atomic mass is 10.0. The summed E-state index contributed by atoms with van der Waals surface area (Å²) in [5.41, 5.74) is 4.59. The summed E-state index contributed by atoms with van der Waals surface area (Å²) in [6.07, 6.45) is -5.44. The number of carbonyl (C=O) groups excluding carboxylic acids is 2. The number of nitrogens with zero attached hydrogens (tertiary/aromatic N) is 4. The highest BCUT2D eigenvalue weighted by Crippen LogP contribution is 2.38. The third-order valence-corrected chi connectivity index (χ3v) is 6.63. The van der Waals surface area contributed by atoms with Gasteiger partial charge in [0, 0.05) is 29.3 Å². The van der Waals surface area contributed by atoms with Gasteiger partial charge in [-0.15, -0.1) is 0 Å². The maximum atomic E-state index is 14.8. The number of rotatable bonds is 4. The molecule has 2 aromatic carbocycles. The second-order valence-electron chi connectivity index (χ2n) is 9.34. The zero-order valence-corrected chi connectivity index (χ0v) is 20.6. The second kappa shape index (κ2) is 9.84. The van der Waals surface area contributed by atoms with Gasteiger partial charge in [0.15, 0.2) is 5.82 Å². The summed E-state index contributed by atoms with van der Waals surface area (Å²) < 4.78 is 84.0. The smallest absolute Gasteiger partial charge is 0.382 e. The second-order valence-corrected chi connectivity index (χ2v) is 9.34. The fourth-order valence-electron chi connectivity index (χ4n) is 4.69. The van der Waals surface area contributed by atoms with Crippen LogP contribution < -0.4 is 11.1 Å². The summed E-state index contributed by atoms with van der Waals surface area (Å²) in [5.74, 6) is -3.85. The first kappa shape index (κ1) is 27.0. The van der Waals surface area contributed by atoms with Crippen LogP contribution in [0.15, 0.2) is 48.8 Å². The van der Waals surface area contributed by atoms with Gasteiger partial charge in [0.1, 0.15) is 29.7 Å². The Balaban J connectivity index is 1.41. The standard InChI is InChI=1S/C26H20F6N6O2/c1-12-2-3-13(21-8-18(26(30,31)32)22-23(33)34-11-35-38(21)22)6-17(12)24(39)36-20-10-37(9-19(20)29)25(40)14-4-15(27)7-16(28)5-14/h2-8,11,19-20H,9-10H2,1H3,(H,36,39)(H2,33,34,35)/t19-,20+/m0/s1. The molecular formula is C26H20F6N6O2. The molecule has 3 N–H and O–H groups in total. The predicted octanol–water partition coefficient (Wildman–Crippen LogP) is 4.18. The van der Waals surface area contributed by atoms with E-state index in [9.17, 15) is 35.9 Å². The zero-order chi connectivity index (χ0) is 28.9. The minimum atomic E-state index is -4.76. The van der Waals surface area contributed by atoms with Crippen molar-refractivity contribution in [3.8, 4) is 11.3 Å². The lowest BCUT2D eigenvalue weighted by Gasteiger charge is -2.18. The normalized spacial score (nSPS) is 17.4. The van der Waals surface area contributed by atoms with E-state index < -0.39 is 59.5 Å². The third-order valence-electron chi connectivity index (χ3n) is 6.63. The first-order valence-electron chi connectivity index (χ1n) is 11.8.